The van der Waals surface area contributed by atoms with E-state index in [4.69, 9.17) is 10.7 Å². The summed E-state index contributed by atoms with van der Waals surface area (Å²) in [5, 5.41) is 0.686. The van der Waals surface area contributed by atoms with Crippen molar-refractivity contribution in [2.24, 2.45) is 5.73 Å². The molecule has 0 amide bonds. The van der Waals surface area contributed by atoms with Crippen molar-refractivity contribution in [2.45, 2.75) is 53.0 Å². The van der Waals surface area contributed by atoms with Crippen molar-refractivity contribution in [1.82, 2.24) is 9.55 Å². The highest BCUT2D eigenvalue weighted by Crippen LogP contribution is 2.19. The van der Waals surface area contributed by atoms with E-state index >= 15 is 0 Å². The number of ketones is 1. The maximum absolute atomic E-state index is 12.9. The Kier molecular flexibility index (Phi) is 11.7. The summed E-state index contributed by atoms with van der Waals surface area (Å²) in [6.07, 6.45) is 2.06. The molecule has 1 atom stereocenters. The number of carbonyl (C=O) groups excluding carboxylic acids is 1. The van der Waals surface area contributed by atoms with Crippen LogP contribution < -0.4 is 11.3 Å². The fourth-order valence-electron chi connectivity index (χ4n) is 3.35. The van der Waals surface area contributed by atoms with E-state index < -0.39 is 0 Å². The summed E-state index contributed by atoms with van der Waals surface area (Å²) in [7, 11) is 0. The lowest BCUT2D eigenvalue weighted by Crippen LogP contribution is -2.27. The van der Waals surface area contributed by atoms with Gasteiger partial charge in [-0.15, -0.1) is 0 Å². The molecule has 0 aliphatic rings. The second-order valence-electron chi connectivity index (χ2n) is 8.53. The minimum absolute atomic E-state index is 0.0417. The Morgan fingerprint density at radius 2 is 1.56 bits per heavy atom. The van der Waals surface area contributed by atoms with Gasteiger partial charge in [-0.05, 0) is 68.3 Å². The van der Waals surface area contributed by atoms with E-state index in [9.17, 15) is 14.0 Å². The molecule has 2 N–H and O–H groups in total. The van der Waals surface area contributed by atoms with Crippen LogP contribution in [0.3, 0.4) is 0 Å². The van der Waals surface area contributed by atoms with Crippen LogP contribution in [0.2, 0.25) is 0 Å². The topological polar surface area (TPSA) is 78.0 Å². The van der Waals surface area contributed by atoms with E-state index in [2.05, 4.69) is 20.8 Å². The van der Waals surface area contributed by atoms with Gasteiger partial charge in [-0.1, -0.05) is 63.2 Å². The van der Waals surface area contributed by atoms with Crippen LogP contribution in [0.15, 0.2) is 83.7 Å². The third-order valence-corrected chi connectivity index (χ3v) is 5.67. The second-order valence-corrected chi connectivity index (χ2v) is 8.53. The maximum atomic E-state index is 12.9. The molecular weight excluding hydrogens is 453 g/mol. The Bertz CT molecular complexity index is 1280. The number of carbonyl (C=O) groups is 1. The third-order valence-electron chi connectivity index (χ3n) is 5.67. The molecule has 0 fully saturated rings. The van der Waals surface area contributed by atoms with Crippen molar-refractivity contribution in [3.63, 3.8) is 0 Å². The lowest BCUT2D eigenvalue weighted by Gasteiger charge is -2.17. The van der Waals surface area contributed by atoms with E-state index in [1.54, 1.807) is 0 Å². The largest absolute Gasteiger partial charge is 0.330 e. The summed E-state index contributed by atoms with van der Waals surface area (Å²) < 4.78 is 14.1. The zero-order valence-corrected chi connectivity index (χ0v) is 21.6. The summed E-state index contributed by atoms with van der Waals surface area (Å²) in [5.74, 6) is 0.765. The number of hydrogen-bond donors (Lipinski definition) is 1. The average Bonchev–Trinajstić information content (AvgIpc) is 2.91. The SMILES string of the molecule is CC(=O)c1ccc(F)cc1.CCC(C)c1nc2ccccc2c(=O)n1Cc1ccccc1.CCCN. The molecule has 6 heteroatoms. The molecule has 0 bridgehead atoms. The Labute approximate surface area is 212 Å². The first-order valence-electron chi connectivity index (χ1n) is 12.3. The smallest absolute Gasteiger partial charge is 0.261 e. The number of para-hydroxylation sites is 1. The molecule has 5 nitrogen and oxygen atoms in total. The van der Waals surface area contributed by atoms with Gasteiger partial charge < -0.3 is 5.73 Å². The van der Waals surface area contributed by atoms with Crippen LogP contribution in [0.1, 0.15) is 68.2 Å². The fraction of sp³-hybridized carbons (Fsp3) is 0.300. The molecule has 4 rings (SSSR count). The summed E-state index contributed by atoms with van der Waals surface area (Å²) in [6.45, 7) is 9.14. The molecule has 4 aromatic rings. The van der Waals surface area contributed by atoms with Crippen molar-refractivity contribution >= 4 is 16.7 Å². The number of Topliss-reactive ketones (excluding diaryl/α,β-unsaturated/α-hetero) is 1. The van der Waals surface area contributed by atoms with Crippen molar-refractivity contribution < 1.29 is 9.18 Å². The van der Waals surface area contributed by atoms with E-state index in [1.165, 1.54) is 31.2 Å². The molecule has 1 unspecified atom stereocenters. The van der Waals surface area contributed by atoms with Crippen molar-refractivity contribution in [1.29, 1.82) is 0 Å². The van der Waals surface area contributed by atoms with Gasteiger partial charge in [0, 0.05) is 11.5 Å². The van der Waals surface area contributed by atoms with Crippen LogP contribution in [-0.4, -0.2) is 21.9 Å². The van der Waals surface area contributed by atoms with Gasteiger partial charge >= 0.3 is 0 Å². The highest BCUT2D eigenvalue weighted by molar-refractivity contribution is 5.93. The van der Waals surface area contributed by atoms with Crippen LogP contribution >= 0.6 is 0 Å². The van der Waals surface area contributed by atoms with Gasteiger partial charge in [0.15, 0.2) is 5.78 Å². The van der Waals surface area contributed by atoms with Gasteiger partial charge in [0.1, 0.15) is 11.6 Å². The molecule has 0 radical (unpaired) electrons. The number of rotatable bonds is 6. The zero-order valence-electron chi connectivity index (χ0n) is 21.6. The maximum Gasteiger partial charge on any atom is 0.261 e. The van der Waals surface area contributed by atoms with E-state index in [0.717, 1.165) is 36.3 Å². The number of nitrogens with zero attached hydrogens (tertiary/aromatic N) is 2. The van der Waals surface area contributed by atoms with Crippen molar-refractivity contribution in [3.8, 4) is 0 Å². The lowest BCUT2D eigenvalue weighted by atomic mass is 10.1. The summed E-state index contributed by atoms with van der Waals surface area (Å²) in [4.78, 5) is 28.3. The van der Waals surface area contributed by atoms with Gasteiger partial charge in [0.2, 0.25) is 0 Å². The number of nitrogens with two attached hydrogens (primary N) is 1. The van der Waals surface area contributed by atoms with Gasteiger partial charge in [-0.3, -0.25) is 14.2 Å². The molecule has 0 saturated carbocycles. The van der Waals surface area contributed by atoms with Gasteiger partial charge in [0.25, 0.3) is 5.56 Å². The standard InChI is InChI=1S/C19H20N2O.C8H7FO.C3H9N/c1-3-14(2)18-20-17-12-8-7-11-16(17)19(22)21(18)13-15-9-5-4-6-10-15;1-6(10)7-2-4-8(9)5-3-7;1-2-3-4/h4-12,14H,3,13H2,1-2H3;2-5H,1H3;2-4H2,1H3. The van der Waals surface area contributed by atoms with Crippen LogP contribution in [0.4, 0.5) is 4.39 Å². The molecule has 0 spiro atoms. The molecule has 0 saturated heterocycles. The minimum Gasteiger partial charge on any atom is -0.330 e. The number of hydrogen-bond acceptors (Lipinski definition) is 4. The predicted octanol–water partition coefficient (Wildman–Crippen LogP) is 6.34. The van der Waals surface area contributed by atoms with Crippen molar-refractivity contribution in [2.75, 3.05) is 6.54 Å². The number of aromatic nitrogens is 2. The fourth-order valence-corrected chi connectivity index (χ4v) is 3.35. The van der Waals surface area contributed by atoms with Crippen molar-refractivity contribution in [3.05, 3.63) is 112 Å². The summed E-state index contributed by atoms with van der Waals surface area (Å²) in [6, 6.07) is 23.1. The third kappa shape index (κ3) is 8.24. The first kappa shape index (κ1) is 28.6. The highest BCUT2D eigenvalue weighted by Gasteiger charge is 2.15. The van der Waals surface area contributed by atoms with Crippen LogP contribution in [-0.2, 0) is 6.54 Å². The van der Waals surface area contributed by atoms with Crippen LogP contribution in [0, 0.1) is 5.82 Å². The molecular formula is C30H36FN3O2. The molecule has 1 heterocycles. The van der Waals surface area contributed by atoms with E-state index in [-0.39, 0.29) is 23.1 Å². The average molecular weight is 490 g/mol. The van der Waals surface area contributed by atoms with Gasteiger partial charge in [-0.2, -0.15) is 0 Å². The Morgan fingerprint density at radius 1 is 0.972 bits per heavy atom. The van der Waals surface area contributed by atoms with Gasteiger partial charge in [0.05, 0.1) is 17.4 Å². The minimum atomic E-state index is -0.315. The molecule has 36 heavy (non-hydrogen) atoms. The first-order valence-corrected chi connectivity index (χ1v) is 12.3. The molecule has 0 aliphatic carbocycles. The summed E-state index contributed by atoms with van der Waals surface area (Å²) >= 11 is 0. The monoisotopic (exact) mass is 489 g/mol. The highest BCUT2D eigenvalue weighted by atomic mass is 19.1. The Hall–Kier alpha value is -3.64. The Balaban J connectivity index is 0.000000270. The Morgan fingerprint density at radius 3 is 2.11 bits per heavy atom. The lowest BCUT2D eigenvalue weighted by molar-refractivity contribution is 0.101. The number of fused-ring (bicyclic) bond motifs is 1. The van der Waals surface area contributed by atoms with Crippen LogP contribution in [0.25, 0.3) is 10.9 Å². The quantitative estimate of drug-likeness (QED) is 0.321. The second kappa shape index (κ2) is 14.7. The molecule has 3 aromatic carbocycles. The summed E-state index contributed by atoms with van der Waals surface area (Å²) in [5.41, 5.74) is 7.52. The first-order chi connectivity index (χ1) is 17.3. The molecule has 0 aliphatic heterocycles. The molecule has 1 aromatic heterocycles. The number of halogens is 1. The van der Waals surface area contributed by atoms with E-state index in [1.807, 2.05) is 59.2 Å². The predicted molar refractivity (Wildman–Crippen MR) is 146 cm³/mol. The zero-order chi connectivity index (χ0) is 26.5. The van der Waals surface area contributed by atoms with E-state index in [0.29, 0.717) is 17.5 Å². The normalized spacial score (nSPS) is 11.1. The van der Waals surface area contributed by atoms with Gasteiger partial charge in [-0.25, -0.2) is 9.37 Å². The number of benzene rings is 3. The van der Waals surface area contributed by atoms with Crippen LogP contribution in [0.5, 0.6) is 0 Å². The molecule has 190 valence electrons.